The van der Waals surface area contributed by atoms with E-state index in [1.165, 1.54) is 0 Å². The maximum Gasteiger partial charge on any atom is 0.187 e. The molecule has 8 rings (SSSR count). The average molecular weight is 1070 g/mol. The van der Waals surface area contributed by atoms with Gasteiger partial charge in [0.05, 0.1) is 52.9 Å². The van der Waals surface area contributed by atoms with E-state index in [2.05, 4.69) is 0 Å². The summed E-state index contributed by atoms with van der Waals surface area (Å²) >= 11 is 0. The van der Waals surface area contributed by atoms with Gasteiger partial charge in [0.1, 0.15) is 146 Å². The molecule has 0 saturated carbocycles. The molecule has 0 aromatic carbocycles. The molecule has 0 aromatic heterocycles. The van der Waals surface area contributed by atoms with Crippen LogP contribution in [0.15, 0.2) is 0 Å². The fourth-order valence-electron chi connectivity index (χ4n) is 9.26. The van der Waals surface area contributed by atoms with Crippen LogP contribution in [0.4, 0.5) is 0 Å². The van der Waals surface area contributed by atoms with Gasteiger partial charge in [0.15, 0.2) is 50.3 Å². The Bertz CT molecular complexity index is 1710. The van der Waals surface area contributed by atoms with Gasteiger partial charge >= 0.3 is 0 Å². The van der Waals surface area contributed by atoms with Gasteiger partial charge in [-0.05, 0) is 0 Å². The second-order valence-corrected chi connectivity index (χ2v) is 18.7. The van der Waals surface area contributed by atoms with Crippen LogP contribution >= 0.6 is 0 Å². The second-order valence-electron chi connectivity index (χ2n) is 18.7. The van der Waals surface area contributed by atoms with Crippen molar-refractivity contribution in [2.45, 2.75) is 197 Å². The lowest BCUT2D eigenvalue weighted by Gasteiger charge is -2.47. The molecule has 0 unspecified atom stereocenters. The van der Waals surface area contributed by atoms with Crippen LogP contribution in [0.3, 0.4) is 0 Å². The Morgan fingerprint density at radius 2 is 0.575 bits per heavy atom. The summed E-state index contributed by atoms with van der Waals surface area (Å²) in [5.74, 6) is 0. The van der Waals surface area contributed by atoms with E-state index in [0.717, 1.165) is 0 Å². The molecule has 424 valence electrons. The van der Waals surface area contributed by atoms with Gasteiger partial charge < -0.3 is 163 Å². The molecule has 33 heteroatoms. The first kappa shape index (κ1) is 57.8. The lowest BCUT2D eigenvalue weighted by Crippen LogP contribution is -2.64. The fourth-order valence-corrected chi connectivity index (χ4v) is 9.26. The summed E-state index contributed by atoms with van der Waals surface area (Å²) in [4.78, 5) is 0. The largest absolute Gasteiger partial charge is 0.394 e. The molecular formula is C40H66O33. The third-order valence-corrected chi connectivity index (χ3v) is 13.7. The molecule has 8 fully saturated rings. The monoisotopic (exact) mass is 1070 g/mol. The van der Waals surface area contributed by atoms with Gasteiger partial charge in [-0.3, -0.25) is 0 Å². The van der Waals surface area contributed by atoms with Crippen molar-refractivity contribution in [3.63, 3.8) is 0 Å². The van der Waals surface area contributed by atoms with Crippen molar-refractivity contribution in [3.05, 3.63) is 0 Å². The molecule has 0 bridgehead atoms. The number of hydrogen-bond donors (Lipinski definition) is 18. The predicted molar refractivity (Wildman–Crippen MR) is 216 cm³/mol. The average Bonchev–Trinajstić information content (AvgIpc) is 3.81. The standard InChI is InChI=1S/C40H66O33/c41-1-10-18(45)27(54)39(65-10)72-31-15(70-36-26(53)21(48)13(5-62-36)68-34-24(51)17(44)9(43)3-60-34)7-64-38(30(31)57)71-16-8-63-37(29(56)32(16)73-40-28(55)19(46)11(2-42)66-40)69-14-6-61-35(25(52)22(14)49)67-12-4-59-33(58)23(50)20(12)47/h9-58H,1-8H2/t9-,10-,11-,12-,13-,14-,15-,16-,17+,18-,19-,20+,21+,22+,23-,24-,25-,26-,27+,28+,29-,30-,31+,32+,33-,34+,35+,36+,37+,38+,39-,40-/m1/s1. The Labute approximate surface area is 412 Å². The van der Waals surface area contributed by atoms with Crippen molar-refractivity contribution >= 4 is 0 Å². The summed E-state index contributed by atoms with van der Waals surface area (Å²) in [5, 5.41) is 190. The molecule has 18 N–H and O–H groups in total. The van der Waals surface area contributed by atoms with Crippen LogP contribution in [0.2, 0.25) is 0 Å². The molecule has 8 aliphatic heterocycles. The summed E-state index contributed by atoms with van der Waals surface area (Å²) in [7, 11) is 0. The first-order chi connectivity index (χ1) is 34.7. The molecule has 8 saturated heterocycles. The fraction of sp³-hybridized carbons (Fsp3) is 1.00. The minimum atomic E-state index is -2.05. The predicted octanol–water partition coefficient (Wildman–Crippen LogP) is -13.3. The third kappa shape index (κ3) is 12.3. The molecule has 33 nitrogen and oxygen atoms in total. The SMILES string of the molecule is OC[C@H]1O[C@H](O[C@@H]2[C@@H](O)[C@H](O[C@@H]3CO[C@@H](O[C@@H]4CO[C@@H](O[C@@H]5CO[C@@H](O)[C@H](O)[C@H]5O)[C@H](O)[C@H]4O)[C@H](O)[C@H]3O[C@H]3O[C@H](CO)[C@@H](O)[C@@H]3O)OC[C@H]2O[C@@H]2OC[C@@H](O[C@@H]3OC[C@@H](O)[C@H](O)[C@H]3O)[C@H](O)[C@H]2O)[C@@H](O)[C@@H]1O. The number of ether oxygens (including phenoxy) is 15. The van der Waals surface area contributed by atoms with Crippen molar-refractivity contribution < 1.29 is 163 Å². The molecule has 0 amide bonds. The highest BCUT2D eigenvalue weighted by Gasteiger charge is 2.56. The smallest absolute Gasteiger partial charge is 0.187 e. The summed E-state index contributed by atoms with van der Waals surface area (Å²) in [6, 6.07) is 0. The molecule has 0 aliphatic carbocycles. The van der Waals surface area contributed by atoms with E-state index in [1.54, 1.807) is 0 Å². The summed E-state index contributed by atoms with van der Waals surface area (Å²) in [5.41, 5.74) is 0. The zero-order valence-electron chi connectivity index (χ0n) is 38.3. The lowest BCUT2D eigenvalue weighted by molar-refractivity contribution is -0.380. The van der Waals surface area contributed by atoms with Crippen LogP contribution in [-0.2, 0) is 71.1 Å². The minimum absolute atomic E-state index is 0.434. The number of hydrogen-bond acceptors (Lipinski definition) is 33. The quantitative estimate of drug-likeness (QED) is 0.0682. The van der Waals surface area contributed by atoms with E-state index in [0.29, 0.717) is 0 Å². The van der Waals surface area contributed by atoms with Gasteiger partial charge in [0.25, 0.3) is 0 Å². The first-order valence-corrected chi connectivity index (χ1v) is 23.4. The maximum atomic E-state index is 11.9. The van der Waals surface area contributed by atoms with Crippen molar-refractivity contribution in [2.75, 3.05) is 52.9 Å². The van der Waals surface area contributed by atoms with Gasteiger partial charge in [-0.2, -0.15) is 0 Å². The van der Waals surface area contributed by atoms with Crippen LogP contribution in [0.1, 0.15) is 0 Å². The van der Waals surface area contributed by atoms with Crippen LogP contribution < -0.4 is 0 Å². The van der Waals surface area contributed by atoms with E-state index in [1.807, 2.05) is 0 Å². The molecule has 0 radical (unpaired) electrons. The van der Waals surface area contributed by atoms with E-state index < -0.39 is 250 Å². The molecule has 0 spiro atoms. The highest BCUT2D eigenvalue weighted by Crippen LogP contribution is 2.36. The van der Waals surface area contributed by atoms with Crippen LogP contribution in [0.5, 0.6) is 0 Å². The highest BCUT2D eigenvalue weighted by molar-refractivity contribution is 4.97. The van der Waals surface area contributed by atoms with Gasteiger partial charge in [0, 0.05) is 0 Å². The van der Waals surface area contributed by atoms with Crippen LogP contribution in [-0.4, -0.2) is 342 Å². The van der Waals surface area contributed by atoms with E-state index >= 15 is 0 Å². The summed E-state index contributed by atoms with van der Waals surface area (Å²) in [6.07, 6.45) is -54.4. The number of rotatable bonds is 16. The summed E-state index contributed by atoms with van der Waals surface area (Å²) in [6.45, 7) is -4.81. The van der Waals surface area contributed by atoms with Gasteiger partial charge in [-0.25, -0.2) is 0 Å². The molecule has 0 aromatic rings. The van der Waals surface area contributed by atoms with Crippen molar-refractivity contribution in [1.29, 1.82) is 0 Å². The van der Waals surface area contributed by atoms with Crippen LogP contribution in [0.25, 0.3) is 0 Å². The molecular weight excluding hydrogens is 1010 g/mol. The Balaban J connectivity index is 0.952. The van der Waals surface area contributed by atoms with Gasteiger partial charge in [0.2, 0.25) is 0 Å². The van der Waals surface area contributed by atoms with Crippen molar-refractivity contribution in [2.24, 2.45) is 0 Å². The molecule has 8 heterocycles. The van der Waals surface area contributed by atoms with Crippen molar-refractivity contribution in [3.8, 4) is 0 Å². The normalized spacial score (nSPS) is 54.2. The van der Waals surface area contributed by atoms with E-state index in [4.69, 9.17) is 71.1 Å². The Kier molecular flexibility index (Phi) is 19.6. The Morgan fingerprint density at radius 3 is 0.959 bits per heavy atom. The Hall–Kier alpha value is -1.32. The first-order valence-electron chi connectivity index (χ1n) is 23.4. The van der Waals surface area contributed by atoms with Gasteiger partial charge in [-0.1, -0.05) is 0 Å². The topological polar surface area (TPSA) is 503 Å². The Morgan fingerprint density at radius 1 is 0.274 bits per heavy atom. The van der Waals surface area contributed by atoms with Crippen LogP contribution in [0, 0.1) is 0 Å². The molecule has 73 heavy (non-hydrogen) atoms. The maximum absolute atomic E-state index is 11.9. The third-order valence-electron chi connectivity index (χ3n) is 13.7. The van der Waals surface area contributed by atoms with E-state index in [-0.39, 0.29) is 0 Å². The number of aliphatic hydroxyl groups is 18. The summed E-state index contributed by atoms with van der Waals surface area (Å²) < 4.78 is 84.6. The highest BCUT2D eigenvalue weighted by atomic mass is 16.8. The zero-order valence-corrected chi connectivity index (χ0v) is 38.3. The molecule has 8 aliphatic rings. The minimum Gasteiger partial charge on any atom is -0.394 e. The van der Waals surface area contributed by atoms with E-state index in [9.17, 15) is 91.9 Å². The lowest BCUT2D eigenvalue weighted by atomic mass is 10.0. The van der Waals surface area contributed by atoms with Gasteiger partial charge in [-0.15, -0.1) is 0 Å². The molecule has 32 atom stereocenters. The zero-order chi connectivity index (χ0) is 52.7. The second kappa shape index (κ2) is 24.8. The number of aliphatic hydroxyl groups excluding tert-OH is 18. The van der Waals surface area contributed by atoms with Crippen molar-refractivity contribution in [1.82, 2.24) is 0 Å².